The number of benzene rings is 2. The smallest absolute Gasteiger partial charge is 0.238 e. The standard InChI is InChI=1S/C16H13F2NOS/c1-10-6-7-11(8-14(10)18)19-15(20)9-21-16(19)12-4-2-3-5-13(12)17/h2-8,16H,9H2,1H3/t16-/m0/s1. The minimum absolute atomic E-state index is 0.142. The Labute approximate surface area is 125 Å². The van der Waals surface area contributed by atoms with E-state index in [1.807, 2.05) is 0 Å². The van der Waals surface area contributed by atoms with Crippen molar-refractivity contribution in [2.45, 2.75) is 12.3 Å². The molecule has 5 heteroatoms. The van der Waals surface area contributed by atoms with Crippen LogP contribution in [0.25, 0.3) is 0 Å². The summed E-state index contributed by atoms with van der Waals surface area (Å²) in [6.07, 6.45) is 0. The van der Waals surface area contributed by atoms with Crippen molar-refractivity contribution in [3.63, 3.8) is 0 Å². The molecule has 1 heterocycles. The van der Waals surface area contributed by atoms with Crippen molar-refractivity contribution in [1.82, 2.24) is 0 Å². The molecule has 0 aliphatic carbocycles. The zero-order valence-corrected chi connectivity index (χ0v) is 12.2. The Morgan fingerprint density at radius 3 is 2.62 bits per heavy atom. The van der Waals surface area contributed by atoms with Crippen molar-refractivity contribution in [2.75, 3.05) is 10.7 Å². The zero-order chi connectivity index (χ0) is 15.0. The maximum atomic E-state index is 14.0. The summed E-state index contributed by atoms with van der Waals surface area (Å²) in [6.45, 7) is 1.66. The summed E-state index contributed by atoms with van der Waals surface area (Å²) >= 11 is 1.34. The summed E-state index contributed by atoms with van der Waals surface area (Å²) in [4.78, 5) is 13.6. The molecule has 0 unspecified atom stereocenters. The average molecular weight is 305 g/mol. The predicted octanol–water partition coefficient (Wildman–Crippen LogP) is 4.05. The molecule has 2 nitrogen and oxygen atoms in total. The van der Waals surface area contributed by atoms with Gasteiger partial charge in [0.05, 0.1) is 5.75 Å². The van der Waals surface area contributed by atoms with Crippen LogP contribution in [0.2, 0.25) is 0 Å². The van der Waals surface area contributed by atoms with Crippen molar-refractivity contribution in [1.29, 1.82) is 0 Å². The molecule has 1 amide bonds. The van der Waals surface area contributed by atoms with Crippen LogP contribution in [0, 0.1) is 18.6 Å². The molecule has 21 heavy (non-hydrogen) atoms. The Morgan fingerprint density at radius 2 is 1.90 bits per heavy atom. The third-order valence-corrected chi connectivity index (χ3v) is 4.67. The highest BCUT2D eigenvalue weighted by molar-refractivity contribution is 8.00. The minimum Gasteiger partial charge on any atom is -0.295 e. The molecule has 0 saturated carbocycles. The molecule has 1 saturated heterocycles. The lowest BCUT2D eigenvalue weighted by atomic mass is 10.1. The number of amides is 1. The summed E-state index contributed by atoms with van der Waals surface area (Å²) in [6, 6.07) is 11.0. The fourth-order valence-electron chi connectivity index (χ4n) is 2.34. The number of aryl methyl sites for hydroxylation is 1. The van der Waals surface area contributed by atoms with Crippen molar-refractivity contribution in [3.05, 3.63) is 65.2 Å². The van der Waals surface area contributed by atoms with Gasteiger partial charge in [0.2, 0.25) is 5.91 Å². The Kier molecular flexibility index (Phi) is 3.68. The van der Waals surface area contributed by atoms with E-state index in [-0.39, 0.29) is 23.3 Å². The molecule has 0 aromatic heterocycles. The van der Waals surface area contributed by atoms with Gasteiger partial charge in [0.25, 0.3) is 0 Å². The van der Waals surface area contributed by atoms with Crippen LogP contribution in [-0.2, 0) is 4.79 Å². The number of carbonyl (C=O) groups excluding carboxylic acids is 1. The van der Waals surface area contributed by atoms with E-state index in [0.717, 1.165) is 0 Å². The second-order valence-electron chi connectivity index (χ2n) is 4.88. The van der Waals surface area contributed by atoms with Gasteiger partial charge >= 0.3 is 0 Å². The molecular weight excluding hydrogens is 292 g/mol. The van der Waals surface area contributed by atoms with Crippen LogP contribution in [-0.4, -0.2) is 11.7 Å². The third-order valence-electron chi connectivity index (χ3n) is 3.47. The van der Waals surface area contributed by atoms with Crippen LogP contribution in [0.1, 0.15) is 16.5 Å². The third kappa shape index (κ3) is 2.53. The lowest BCUT2D eigenvalue weighted by Crippen LogP contribution is -2.28. The number of carbonyl (C=O) groups is 1. The normalized spacial score (nSPS) is 18.3. The first kappa shape index (κ1) is 14.1. The van der Waals surface area contributed by atoms with E-state index in [1.54, 1.807) is 37.3 Å². The van der Waals surface area contributed by atoms with E-state index in [9.17, 15) is 13.6 Å². The number of thioether (sulfide) groups is 1. The highest BCUT2D eigenvalue weighted by Gasteiger charge is 2.35. The second-order valence-corrected chi connectivity index (χ2v) is 5.95. The Morgan fingerprint density at radius 1 is 1.14 bits per heavy atom. The summed E-state index contributed by atoms with van der Waals surface area (Å²) in [5, 5.41) is -0.458. The largest absolute Gasteiger partial charge is 0.295 e. The van der Waals surface area contributed by atoms with E-state index < -0.39 is 5.37 Å². The first-order chi connectivity index (χ1) is 10.1. The van der Waals surface area contributed by atoms with Crippen LogP contribution in [0.3, 0.4) is 0 Å². The molecule has 0 N–H and O–H groups in total. The summed E-state index contributed by atoms with van der Waals surface area (Å²) in [5.41, 5.74) is 1.41. The first-order valence-corrected chi connectivity index (χ1v) is 7.57. The van der Waals surface area contributed by atoms with Crippen LogP contribution >= 0.6 is 11.8 Å². The second kappa shape index (κ2) is 5.48. The highest BCUT2D eigenvalue weighted by atomic mass is 32.2. The zero-order valence-electron chi connectivity index (χ0n) is 11.3. The van der Waals surface area contributed by atoms with Gasteiger partial charge in [-0.15, -0.1) is 11.8 Å². The molecule has 1 aliphatic heterocycles. The lowest BCUT2D eigenvalue weighted by Gasteiger charge is -2.24. The van der Waals surface area contributed by atoms with E-state index in [0.29, 0.717) is 16.8 Å². The van der Waals surface area contributed by atoms with Gasteiger partial charge in [0.1, 0.15) is 17.0 Å². The first-order valence-electron chi connectivity index (χ1n) is 6.52. The number of anilines is 1. The molecule has 2 aromatic rings. The van der Waals surface area contributed by atoms with Gasteiger partial charge in [0, 0.05) is 11.3 Å². The van der Waals surface area contributed by atoms with Gasteiger partial charge in [-0.1, -0.05) is 24.3 Å². The monoisotopic (exact) mass is 305 g/mol. The van der Waals surface area contributed by atoms with Crippen molar-refractivity contribution in [2.24, 2.45) is 0 Å². The van der Waals surface area contributed by atoms with Gasteiger partial charge in [-0.2, -0.15) is 0 Å². The molecule has 1 fully saturated rings. The Balaban J connectivity index is 2.04. The van der Waals surface area contributed by atoms with E-state index in [2.05, 4.69) is 0 Å². The molecule has 3 rings (SSSR count). The van der Waals surface area contributed by atoms with Crippen molar-refractivity contribution >= 4 is 23.4 Å². The fourth-order valence-corrected chi connectivity index (χ4v) is 3.54. The Bertz CT molecular complexity index is 704. The number of hydrogen-bond acceptors (Lipinski definition) is 2. The van der Waals surface area contributed by atoms with Gasteiger partial charge in [-0.3, -0.25) is 9.69 Å². The quantitative estimate of drug-likeness (QED) is 0.834. The van der Waals surface area contributed by atoms with Crippen LogP contribution in [0.4, 0.5) is 14.5 Å². The van der Waals surface area contributed by atoms with Crippen LogP contribution < -0.4 is 4.90 Å². The fraction of sp³-hybridized carbons (Fsp3) is 0.188. The molecule has 0 radical (unpaired) electrons. The van der Waals surface area contributed by atoms with Gasteiger partial charge in [0.15, 0.2) is 0 Å². The summed E-state index contributed by atoms with van der Waals surface area (Å²) in [5.74, 6) is -0.614. The predicted molar refractivity (Wildman–Crippen MR) is 80.2 cm³/mol. The molecule has 108 valence electrons. The molecule has 1 aliphatic rings. The maximum Gasteiger partial charge on any atom is 0.238 e. The van der Waals surface area contributed by atoms with Gasteiger partial charge in [-0.05, 0) is 30.7 Å². The Hall–Kier alpha value is -1.88. The van der Waals surface area contributed by atoms with Crippen molar-refractivity contribution < 1.29 is 13.6 Å². The van der Waals surface area contributed by atoms with Crippen molar-refractivity contribution in [3.8, 4) is 0 Å². The number of halogens is 2. The van der Waals surface area contributed by atoms with E-state index in [1.165, 1.54) is 28.8 Å². The SMILES string of the molecule is Cc1ccc(N2C(=O)CS[C@H]2c2ccccc2F)cc1F. The van der Waals surface area contributed by atoms with Crippen LogP contribution in [0.15, 0.2) is 42.5 Å². The summed E-state index contributed by atoms with van der Waals surface area (Å²) < 4.78 is 27.7. The molecule has 1 atom stereocenters. The van der Waals surface area contributed by atoms with E-state index in [4.69, 9.17) is 0 Å². The minimum atomic E-state index is -0.458. The summed E-state index contributed by atoms with van der Waals surface area (Å²) in [7, 11) is 0. The van der Waals surface area contributed by atoms with Crippen LogP contribution in [0.5, 0.6) is 0 Å². The number of hydrogen-bond donors (Lipinski definition) is 0. The molecule has 0 bridgehead atoms. The maximum absolute atomic E-state index is 14.0. The molecule has 2 aromatic carbocycles. The molecular formula is C16H13F2NOS. The highest BCUT2D eigenvalue weighted by Crippen LogP contribution is 2.42. The average Bonchev–Trinajstić information content (AvgIpc) is 2.84. The molecule has 0 spiro atoms. The lowest BCUT2D eigenvalue weighted by molar-refractivity contribution is -0.115. The van der Waals surface area contributed by atoms with E-state index >= 15 is 0 Å². The van der Waals surface area contributed by atoms with Gasteiger partial charge in [-0.25, -0.2) is 8.78 Å². The topological polar surface area (TPSA) is 20.3 Å². The van der Waals surface area contributed by atoms with Gasteiger partial charge < -0.3 is 0 Å². The number of rotatable bonds is 2. The number of nitrogens with zero attached hydrogens (tertiary/aromatic N) is 1.